The lowest BCUT2D eigenvalue weighted by atomic mass is 10.1. The van der Waals surface area contributed by atoms with E-state index in [0.717, 1.165) is 18.5 Å². The van der Waals surface area contributed by atoms with E-state index in [-0.39, 0.29) is 11.5 Å². The van der Waals surface area contributed by atoms with Gasteiger partial charge in [0.15, 0.2) is 0 Å². The Balaban J connectivity index is 2.38. The quantitative estimate of drug-likeness (QED) is 0.787. The fourth-order valence-electron chi connectivity index (χ4n) is 1.55. The predicted octanol–water partition coefficient (Wildman–Crippen LogP) is 2.70. The molecule has 0 radical (unpaired) electrons. The normalized spacial score (nSPS) is 12.5. The van der Waals surface area contributed by atoms with Crippen molar-refractivity contribution in [3.8, 4) is 0 Å². The number of esters is 1. The first-order chi connectivity index (χ1) is 8.58. The zero-order valence-electron chi connectivity index (χ0n) is 12.9. The Bertz CT molecular complexity index is 425. The molecule has 0 unspecified atom stereocenters. The van der Waals surface area contributed by atoms with Crippen LogP contribution in [0.1, 0.15) is 60.1 Å². The van der Waals surface area contributed by atoms with E-state index in [1.807, 2.05) is 31.6 Å². The summed E-state index contributed by atoms with van der Waals surface area (Å²) < 4.78 is 7.10. The molecule has 0 aliphatic heterocycles. The van der Waals surface area contributed by atoms with Crippen molar-refractivity contribution in [2.75, 3.05) is 0 Å². The molecule has 5 heteroatoms. The molecule has 0 atom stereocenters. The zero-order chi connectivity index (χ0) is 14.7. The Morgan fingerprint density at radius 2 is 1.89 bits per heavy atom. The predicted molar refractivity (Wildman–Crippen MR) is 73.8 cm³/mol. The summed E-state index contributed by atoms with van der Waals surface area (Å²) in [7, 11) is 0. The molecule has 0 N–H and O–H groups in total. The number of hydrogen-bond donors (Lipinski definition) is 0. The molecule has 19 heavy (non-hydrogen) atoms. The molecule has 1 rings (SSSR count). The lowest BCUT2D eigenvalue weighted by Crippen LogP contribution is -2.23. The topological polar surface area (TPSA) is 57.0 Å². The third-order valence-electron chi connectivity index (χ3n) is 2.46. The van der Waals surface area contributed by atoms with Crippen molar-refractivity contribution in [1.29, 1.82) is 0 Å². The van der Waals surface area contributed by atoms with Crippen LogP contribution in [0.2, 0.25) is 0 Å². The molecule has 0 aliphatic carbocycles. The standard InChI is InChI=1S/C14H25N3O2/c1-13(2,3)17-10-11(15-16-17)8-7-9-12(18)19-14(4,5)6/h10H,7-9H2,1-6H3. The van der Waals surface area contributed by atoms with Crippen molar-refractivity contribution < 1.29 is 9.53 Å². The summed E-state index contributed by atoms with van der Waals surface area (Å²) in [6, 6.07) is 0. The first-order valence-electron chi connectivity index (χ1n) is 6.71. The number of aromatic nitrogens is 3. The van der Waals surface area contributed by atoms with Gasteiger partial charge in [-0.1, -0.05) is 5.21 Å². The van der Waals surface area contributed by atoms with Crippen molar-refractivity contribution in [2.24, 2.45) is 0 Å². The van der Waals surface area contributed by atoms with E-state index in [1.54, 1.807) is 0 Å². The summed E-state index contributed by atoms with van der Waals surface area (Å²) in [4.78, 5) is 11.5. The van der Waals surface area contributed by atoms with E-state index in [9.17, 15) is 4.79 Å². The van der Waals surface area contributed by atoms with Crippen molar-refractivity contribution >= 4 is 5.97 Å². The number of hydrogen-bond acceptors (Lipinski definition) is 4. The van der Waals surface area contributed by atoms with Gasteiger partial charge < -0.3 is 4.74 Å². The van der Waals surface area contributed by atoms with Crippen molar-refractivity contribution in [3.63, 3.8) is 0 Å². The number of carbonyl (C=O) groups is 1. The first-order valence-corrected chi connectivity index (χ1v) is 6.71. The smallest absolute Gasteiger partial charge is 0.306 e. The second-order valence-corrected chi connectivity index (χ2v) is 6.77. The monoisotopic (exact) mass is 267 g/mol. The van der Waals surface area contributed by atoms with Gasteiger partial charge in [0.05, 0.1) is 11.2 Å². The molecule has 0 bridgehead atoms. The maximum Gasteiger partial charge on any atom is 0.306 e. The Kier molecular flexibility index (Phi) is 4.71. The van der Waals surface area contributed by atoms with Crippen LogP contribution in [-0.2, 0) is 21.5 Å². The zero-order valence-corrected chi connectivity index (χ0v) is 12.9. The minimum atomic E-state index is -0.410. The molecule has 1 heterocycles. The molecule has 0 saturated heterocycles. The molecule has 0 spiro atoms. The number of ether oxygens (including phenoxy) is 1. The Morgan fingerprint density at radius 3 is 2.37 bits per heavy atom. The van der Waals surface area contributed by atoms with Gasteiger partial charge >= 0.3 is 5.97 Å². The van der Waals surface area contributed by atoms with Gasteiger partial charge in [0.1, 0.15) is 5.60 Å². The minimum absolute atomic E-state index is 0.0591. The molecular weight excluding hydrogens is 242 g/mol. The highest BCUT2D eigenvalue weighted by atomic mass is 16.6. The summed E-state index contributed by atoms with van der Waals surface area (Å²) in [5, 5.41) is 8.21. The second-order valence-electron chi connectivity index (χ2n) is 6.77. The summed E-state index contributed by atoms with van der Waals surface area (Å²) in [5.74, 6) is -0.157. The van der Waals surface area contributed by atoms with E-state index in [0.29, 0.717) is 6.42 Å². The van der Waals surface area contributed by atoms with Crippen LogP contribution in [0.15, 0.2) is 6.20 Å². The van der Waals surface area contributed by atoms with Gasteiger partial charge in [0, 0.05) is 12.6 Å². The highest BCUT2D eigenvalue weighted by molar-refractivity contribution is 5.69. The van der Waals surface area contributed by atoms with Gasteiger partial charge in [0.2, 0.25) is 0 Å². The summed E-state index contributed by atoms with van der Waals surface area (Å²) in [6.07, 6.45) is 3.84. The van der Waals surface area contributed by atoms with Crippen LogP contribution in [0.4, 0.5) is 0 Å². The molecule has 0 amide bonds. The average molecular weight is 267 g/mol. The maximum absolute atomic E-state index is 11.5. The molecule has 108 valence electrons. The number of rotatable bonds is 4. The second kappa shape index (κ2) is 5.72. The summed E-state index contributed by atoms with van der Waals surface area (Å²) in [5.41, 5.74) is 0.446. The summed E-state index contributed by atoms with van der Waals surface area (Å²) in [6.45, 7) is 11.9. The fourth-order valence-corrected chi connectivity index (χ4v) is 1.55. The van der Waals surface area contributed by atoms with Crippen molar-refractivity contribution in [3.05, 3.63) is 11.9 Å². The van der Waals surface area contributed by atoms with E-state index in [2.05, 4.69) is 31.1 Å². The van der Waals surface area contributed by atoms with Gasteiger partial charge in [0.25, 0.3) is 0 Å². The van der Waals surface area contributed by atoms with Gasteiger partial charge in [-0.2, -0.15) is 0 Å². The molecule has 5 nitrogen and oxygen atoms in total. The molecule has 0 aliphatic rings. The lowest BCUT2D eigenvalue weighted by Gasteiger charge is -2.19. The van der Waals surface area contributed by atoms with Gasteiger partial charge in [-0.25, -0.2) is 4.68 Å². The van der Waals surface area contributed by atoms with Crippen LogP contribution in [0.25, 0.3) is 0 Å². The SMILES string of the molecule is CC(C)(C)OC(=O)CCCc1cn(C(C)(C)C)nn1. The van der Waals surface area contributed by atoms with Gasteiger partial charge in [-0.05, 0) is 54.4 Å². The van der Waals surface area contributed by atoms with Crippen LogP contribution in [0.5, 0.6) is 0 Å². The highest BCUT2D eigenvalue weighted by Crippen LogP contribution is 2.13. The van der Waals surface area contributed by atoms with Crippen LogP contribution in [0, 0.1) is 0 Å². The molecule has 1 aromatic rings. The van der Waals surface area contributed by atoms with E-state index in [1.165, 1.54) is 0 Å². The van der Waals surface area contributed by atoms with Crippen molar-refractivity contribution in [1.82, 2.24) is 15.0 Å². The Labute approximate surface area is 115 Å². The number of carbonyl (C=O) groups excluding carboxylic acids is 1. The van der Waals surface area contributed by atoms with E-state index in [4.69, 9.17) is 4.74 Å². The Hall–Kier alpha value is -1.39. The number of aryl methyl sites for hydroxylation is 1. The van der Waals surface area contributed by atoms with Gasteiger partial charge in [-0.3, -0.25) is 4.79 Å². The van der Waals surface area contributed by atoms with Crippen LogP contribution in [0.3, 0.4) is 0 Å². The van der Waals surface area contributed by atoms with E-state index >= 15 is 0 Å². The molecule has 0 fully saturated rings. The molecule has 1 aromatic heterocycles. The summed E-state index contributed by atoms with van der Waals surface area (Å²) >= 11 is 0. The van der Waals surface area contributed by atoms with E-state index < -0.39 is 5.60 Å². The maximum atomic E-state index is 11.5. The fraction of sp³-hybridized carbons (Fsp3) is 0.786. The minimum Gasteiger partial charge on any atom is -0.460 e. The third kappa shape index (κ3) is 5.85. The van der Waals surface area contributed by atoms with Crippen LogP contribution < -0.4 is 0 Å². The van der Waals surface area contributed by atoms with Crippen LogP contribution >= 0.6 is 0 Å². The number of nitrogens with zero attached hydrogens (tertiary/aromatic N) is 3. The van der Waals surface area contributed by atoms with Gasteiger partial charge in [-0.15, -0.1) is 5.10 Å². The average Bonchev–Trinajstić information content (AvgIpc) is 2.62. The first kappa shape index (κ1) is 15.7. The largest absolute Gasteiger partial charge is 0.460 e. The Morgan fingerprint density at radius 1 is 1.26 bits per heavy atom. The van der Waals surface area contributed by atoms with Crippen LogP contribution in [-0.4, -0.2) is 26.6 Å². The molecule has 0 saturated carbocycles. The molecular formula is C14H25N3O2. The lowest BCUT2D eigenvalue weighted by molar-refractivity contribution is -0.154. The third-order valence-corrected chi connectivity index (χ3v) is 2.46. The molecule has 0 aromatic carbocycles. The highest BCUT2D eigenvalue weighted by Gasteiger charge is 2.17. The van der Waals surface area contributed by atoms with Crippen molar-refractivity contribution in [2.45, 2.75) is 71.9 Å².